The third-order valence-corrected chi connectivity index (χ3v) is 3.59. The van der Waals surface area contributed by atoms with Crippen LogP contribution < -0.4 is 10.6 Å². The molecule has 23 heavy (non-hydrogen) atoms. The summed E-state index contributed by atoms with van der Waals surface area (Å²) in [4.78, 5) is 12.0. The number of halogens is 2. The Morgan fingerprint density at radius 3 is 2.65 bits per heavy atom. The quantitative estimate of drug-likeness (QED) is 0.772. The lowest BCUT2D eigenvalue weighted by atomic mass is 10.2. The molecule has 2 aromatic rings. The Balaban J connectivity index is 2.04. The van der Waals surface area contributed by atoms with Gasteiger partial charge in [-0.3, -0.25) is 4.79 Å². The largest absolute Gasteiger partial charge is 0.392 e. The number of anilines is 2. The van der Waals surface area contributed by atoms with E-state index in [-0.39, 0.29) is 19.1 Å². The second-order valence-corrected chi connectivity index (χ2v) is 5.52. The van der Waals surface area contributed by atoms with E-state index < -0.39 is 0 Å². The van der Waals surface area contributed by atoms with Gasteiger partial charge >= 0.3 is 0 Å². The summed E-state index contributed by atoms with van der Waals surface area (Å²) >= 11 is 11.9. The molecular weight excluding hydrogens is 337 g/mol. The van der Waals surface area contributed by atoms with E-state index in [1.165, 1.54) is 12.1 Å². The number of aliphatic hydroxyl groups is 1. The van der Waals surface area contributed by atoms with Gasteiger partial charge in [0, 0.05) is 5.02 Å². The first-order chi connectivity index (χ1) is 11.0. The topological polar surface area (TPSA) is 85.2 Å². The summed E-state index contributed by atoms with van der Waals surface area (Å²) < 4.78 is 0. The summed E-state index contributed by atoms with van der Waals surface area (Å²) in [5.41, 5.74) is 1.89. The zero-order valence-corrected chi connectivity index (χ0v) is 13.4. The molecule has 2 rings (SSSR count). The van der Waals surface area contributed by atoms with E-state index >= 15 is 0 Å². The number of nitrogens with zero attached hydrogens (tertiary/aromatic N) is 1. The molecule has 0 saturated carbocycles. The molecule has 2 aromatic carbocycles. The summed E-state index contributed by atoms with van der Waals surface area (Å²) in [6.07, 6.45) is 0. The highest BCUT2D eigenvalue weighted by Gasteiger charge is 2.09. The molecule has 0 aromatic heterocycles. The van der Waals surface area contributed by atoms with Crippen molar-refractivity contribution in [1.29, 1.82) is 5.26 Å². The van der Waals surface area contributed by atoms with Crippen LogP contribution in [0.2, 0.25) is 10.0 Å². The summed E-state index contributed by atoms with van der Waals surface area (Å²) in [5.74, 6) is -0.353. The van der Waals surface area contributed by atoms with Crippen molar-refractivity contribution < 1.29 is 9.90 Å². The van der Waals surface area contributed by atoms with E-state index in [9.17, 15) is 4.79 Å². The normalized spacial score (nSPS) is 10.0. The highest BCUT2D eigenvalue weighted by Crippen LogP contribution is 2.23. The van der Waals surface area contributed by atoms with Crippen LogP contribution >= 0.6 is 23.2 Å². The van der Waals surface area contributed by atoms with Crippen LogP contribution in [0.25, 0.3) is 0 Å². The van der Waals surface area contributed by atoms with Crippen LogP contribution in [0.4, 0.5) is 11.4 Å². The van der Waals surface area contributed by atoms with E-state index in [1.807, 2.05) is 6.07 Å². The number of rotatable bonds is 5. The number of carbonyl (C=O) groups is 1. The van der Waals surface area contributed by atoms with Crippen molar-refractivity contribution >= 4 is 40.5 Å². The molecule has 0 fully saturated rings. The maximum atomic E-state index is 12.0. The first kappa shape index (κ1) is 17.1. The van der Waals surface area contributed by atoms with Crippen molar-refractivity contribution in [2.75, 3.05) is 17.2 Å². The fourth-order valence-electron chi connectivity index (χ4n) is 1.89. The van der Waals surface area contributed by atoms with Crippen LogP contribution in [0, 0.1) is 11.3 Å². The summed E-state index contributed by atoms with van der Waals surface area (Å²) in [5, 5.41) is 24.5. The maximum Gasteiger partial charge on any atom is 0.243 e. The van der Waals surface area contributed by atoms with Gasteiger partial charge in [-0.2, -0.15) is 5.26 Å². The van der Waals surface area contributed by atoms with Crippen molar-refractivity contribution in [3.05, 3.63) is 57.6 Å². The maximum absolute atomic E-state index is 12.0. The van der Waals surface area contributed by atoms with Crippen LogP contribution in [0.5, 0.6) is 0 Å². The molecule has 0 bridgehead atoms. The van der Waals surface area contributed by atoms with Gasteiger partial charge < -0.3 is 15.7 Å². The zero-order valence-electron chi connectivity index (χ0n) is 11.9. The molecule has 0 heterocycles. The molecule has 3 N–H and O–H groups in total. The van der Waals surface area contributed by atoms with E-state index in [1.54, 1.807) is 24.3 Å². The number of benzene rings is 2. The smallest absolute Gasteiger partial charge is 0.243 e. The summed E-state index contributed by atoms with van der Waals surface area (Å²) in [7, 11) is 0. The molecule has 0 saturated heterocycles. The van der Waals surface area contributed by atoms with Crippen LogP contribution in [-0.4, -0.2) is 17.6 Å². The van der Waals surface area contributed by atoms with E-state index in [4.69, 9.17) is 33.6 Å². The van der Waals surface area contributed by atoms with Gasteiger partial charge in [0.1, 0.15) is 6.07 Å². The van der Waals surface area contributed by atoms with Gasteiger partial charge in [-0.1, -0.05) is 29.3 Å². The predicted octanol–water partition coefficient (Wildman–Crippen LogP) is 3.41. The molecule has 5 nitrogen and oxygen atoms in total. The lowest BCUT2D eigenvalue weighted by Crippen LogP contribution is -2.22. The Bertz CT molecular complexity index is 772. The molecule has 7 heteroatoms. The molecule has 0 aliphatic carbocycles. The van der Waals surface area contributed by atoms with E-state index in [0.29, 0.717) is 32.5 Å². The fraction of sp³-hybridized carbons (Fsp3) is 0.125. The van der Waals surface area contributed by atoms with Gasteiger partial charge in [0.15, 0.2) is 0 Å². The molecule has 0 radical (unpaired) electrons. The van der Waals surface area contributed by atoms with E-state index in [2.05, 4.69) is 10.6 Å². The Labute approximate surface area is 143 Å². The second-order valence-electron chi connectivity index (χ2n) is 4.68. The number of aliphatic hydroxyl groups excluding tert-OH is 1. The van der Waals surface area contributed by atoms with Gasteiger partial charge in [-0.25, -0.2) is 0 Å². The van der Waals surface area contributed by atoms with Crippen molar-refractivity contribution in [2.45, 2.75) is 6.61 Å². The molecule has 0 spiro atoms. The highest BCUT2D eigenvalue weighted by molar-refractivity contribution is 6.33. The van der Waals surface area contributed by atoms with Gasteiger partial charge in [0.2, 0.25) is 5.91 Å². The lowest BCUT2D eigenvalue weighted by Gasteiger charge is -2.11. The Kier molecular flexibility index (Phi) is 5.83. The minimum atomic E-state index is -0.353. The molecule has 0 unspecified atom stereocenters. The van der Waals surface area contributed by atoms with Crippen LogP contribution in [0.1, 0.15) is 11.1 Å². The van der Waals surface area contributed by atoms with Gasteiger partial charge in [-0.05, 0) is 35.9 Å². The predicted molar refractivity (Wildman–Crippen MR) is 90.7 cm³/mol. The Morgan fingerprint density at radius 2 is 1.96 bits per heavy atom. The average molecular weight is 350 g/mol. The fourth-order valence-corrected chi connectivity index (χ4v) is 2.25. The van der Waals surface area contributed by atoms with Gasteiger partial charge in [0.05, 0.1) is 35.1 Å². The Morgan fingerprint density at radius 1 is 1.17 bits per heavy atom. The molecule has 0 atom stereocenters. The molecule has 1 amide bonds. The monoisotopic (exact) mass is 349 g/mol. The van der Waals surface area contributed by atoms with Gasteiger partial charge in [0.25, 0.3) is 0 Å². The summed E-state index contributed by atoms with van der Waals surface area (Å²) in [6, 6.07) is 11.6. The molecule has 0 aliphatic rings. The first-order valence-corrected chi connectivity index (χ1v) is 7.41. The van der Waals surface area contributed by atoms with E-state index in [0.717, 1.165) is 0 Å². The number of hydrogen-bond acceptors (Lipinski definition) is 4. The van der Waals surface area contributed by atoms with Crippen LogP contribution in [0.3, 0.4) is 0 Å². The summed E-state index contributed by atoms with van der Waals surface area (Å²) in [6.45, 7) is -0.169. The van der Waals surface area contributed by atoms with Crippen molar-refractivity contribution in [3.8, 4) is 6.07 Å². The van der Waals surface area contributed by atoms with Crippen LogP contribution in [-0.2, 0) is 11.4 Å². The Hall–Kier alpha value is -2.26. The number of amides is 1. The van der Waals surface area contributed by atoms with Gasteiger partial charge in [-0.15, -0.1) is 0 Å². The second kappa shape index (κ2) is 7.84. The number of carbonyl (C=O) groups excluding carboxylic acids is 1. The molecular formula is C16H13Cl2N3O2. The van der Waals surface area contributed by atoms with Crippen molar-refractivity contribution in [2.24, 2.45) is 0 Å². The first-order valence-electron chi connectivity index (χ1n) is 6.66. The van der Waals surface area contributed by atoms with Crippen LogP contribution in [0.15, 0.2) is 36.4 Å². The number of nitriles is 1. The number of nitrogens with one attached hydrogen (secondary N) is 2. The lowest BCUT2D eigenvalue weighted by molar-refractivity contribution is -0.114. The molecule has 0 aliphatic heterocycles. The number of hydrogen-bond donors (Lipinski definition) is 3. The standard InChI is InChI=1S/C16H13Cl2N3O2/c17-12-3-2-11(7-19)14(6-12)21-16(23)8-20-15-5-10(9-22)1-4-13(15)18/h1-6,20,22H,8-9H2,(H,21,23). The van der Waals surface area contributed by atoms with Crippen molar-refractivity contribution in [3.63, 3.8) is 0 Å². The molecule has 118 valence electrons. The third-order valence-electron chi connectivity index (χ3n) is 3.03. The highest BCUT2D eigenvalue weighted by atomic mass is 35.5. The van der Waals surface area contributed by atoms with Crippen molar-refractivity contribution in [1.82, 2.24) is 0 Å². The SMILES string of the molecule is N#Cc1ccc(Cl)cc1NC(=O)CNc1cc(CO)ccc1Cl. The average Bonchev–Trinajstić information content (AvgIpc) is 2.54. The minimum absolute atomic E-state index is 0.0496. The zero-order chi connectivity index (χ0) is 16.8. The third kappa shape index (κ3) is 4.60. The minimum Gasteiger partial charge on any atom is -0.392 e.